The van der Waals surface area contributed by atoms with Crippen molar-refractivity contribution < 1.29 is 19.2 Å². The van der Waals surface area contributed by atoms with Crippen LogP contribution in [0, 0.1) is 0 Å². The maximum atomic E-state index is 12.6. The molecule has 1 heterocycles. The van der Waals surface area contributed by atoms with Crippen LogP contribution in [-0.2, 0) is 6.42 Å². The van der Waals surface area contributed by atoms with Crippen molar-refractivity contribution in [1.82, 2.24) is 10.1 Å². The molecule has 1 aliphatic rings. The predicted octanol–water partition coefficient (Wildman–Crippen LogP) is 2.67. The number of rotatable bonds is 6. The molecule has 1 N–H and O–H groups in total. The summed E-state index contributed by atoms with van der Waals surface area (Å²) in [5.74, 6) is 1.19. The molecule has 3 rings (SSSR count). The molecule has 25 heavy (non-hydrogen) atoms. The zero-order valence-electron chi connectivity index (χ0n) is 14.6. The number of amides is 1. The van der Waals surface area contributed by atoms with Crippen LogP contribution in [0.5, 0.6) is 5.75 Å². The number of aromatic nitrogens is 1. The molecule has 0 spiro atoms. The number of aryl methyl sites for hydroxylation is 1. The van der Waals surface area contributed by atoms with Gasteiger partial charge in [-0.05, 0) is 31.4 Å². The first kappa shape index (κ1) is 17.5. The fraction of sp³-hybridized carbons (Fsp3) is 0.474. The number of aliphatic hydroxyl groups excluding tert-OH is 1. The standard InChI is InChI=1S/C19H24N2O4/c1-3-7-14-12-15(20-25-14)19(23)21(2)16-10-11-17(18(16)22)24-13-8-5-4-6-9-13/h4-6,8-9,12,16-18,22H,3,7,10-11H2,1-2H3/t16-,17+,18+/m1/s1. The average Bonchev–Trinajstić information content (AvgIpc) is 3.23. The SMILES string of the molecule is CCCc1cc(C(=O)N(C)[C@@H]2CC[C@H](Oc3ccccc3)[C@H]2O)no1. The minimum Gasteiger partial charge on any atom is -0.488 e. The lowest BCUT2D eigenvalue weighted by molar-refractivity contribution is 0.0163. The van der Waals surface area contributed by atoms with Crippen molar-refractivity contribution in [2.75, 3.05) is 7.05 Å². The summed E-state index contributed by atoms with van der Waals surface area (Å²) in [5.41, 5.74) is 0.283. The number of carbonyl (C=O) groups is 1. The Morgan fingerprint density at radius 2 is 2.12 bits per heavy atom. The number of hydrogen-bond acceptors (Lipinski definition) is 5. The van der Waals surface area contributed by atoms with Crippen LogP contribution in [0.3, 0.4) is 0 Å². The Kier molecular flexibility index (Phi) is 5.38. The van der Waals surface area contributed by atoms with E-state index in [1.807, 2.05) is 37.3 Å². The Morgan fingerprint density at radius 1 is 1.36 bits per heavy atom. The highest BCUT2D eigenvalue weighted by molar-refractivity contribution is 5.92. The molecule has 1 saturated carbocycles. The van der Waals surface area contributed by atoms with Gasteiger partial charge in [0.25, 0.3) is 5.91 Å². The topological polar surface area (TPSA) is 75.8 Å². The predicted molar refractivity (Wildman–Crippen MR) is 92.5 cm³/mol. The van der Waals surface area contributed by atoms with Gasteiger partial charge in [-0.1, -0.05) is 30.3 Å². The number of likely N-dealkylation sites (N-methyl/N-ethyl adjacent to an activating group) is 1. The van der Waals surface area contributed by atoms with Crippen molar-refractivity contribution in [2.45, 2.75) is 50.9 Å². The van der Waals surface area contributed by atoms with E-state index in [1.54, 1.807) is 18.0 Å². The third-order valence-corrected chi connectivity index (χ3v) is 4.65. The Bertz CT molecular complexity index is 700. The maximum Gasteiger partial charge on any atom is 0.276 e. The van der Waals surface area contributed by atoms with Crippen LogP contribution in [0.2, 0.25) is 0 Å². The molecule has 134 valence electrons. The van der Waals surface area contributed by atoms with Crippen LogP contribution < -0.4 is 4.74 Å². The van der Waals surface area contributed by atoms with Gasteiger partial charge in [-0.25, -0.2) is 0 Å². The molecular formula is C19H24N2O4. The van der Waals surface area contributed by atoms with Crippen molar-refractivity contribution in [2.24, 2.45) is 0 Å². The van der Waals surface area contributed by atoms with Crippen molar-refractivity contribution in [3.63, 3.8) is 0 Å². The molecule has 2 aromatic rings. The van der Waals surface area contributed by atoms with Crippen LogP contribution in [0.15, 0.2) is 40.9 Å². The van der Waals surface area contributed by atoms with Gasteiger partial charge in [0.05, 0.1) is 6.04 Å². The van der Waals surface area contributed by atoms with E-state index in [1.165, 1.54) is 0 Å². The summed E-state index contributed by atoms with van der Waals surface area (Å²) in [7, 11) is 1.69. The Hall–Kier alpha value is -2.34. The van der Waals surface area contributed by atoms with Crippen LogP contribution in [-0.4, -0.2) is 46.4 Å². The molecule has 0 bridgehead atoms. The molecule has 1 aromatic carbocycles. The molecule has 0 aliphatic heterocycles. The van der Waals surface area contributed by atoms with E-state index in [0.29, 0.717) is 18.6 Å². The minimum atomic E-state index is -0.740. The van der Waals surface area contributed by atoms with Gasteiger partial charge in [0.2, 0.25) is 0 Å². The minimum absolute atomic E-state index is 0.240. The molecule has 1 aromatic heterocycles. The van der Waals surface area contributed by atoms with E-state index in [4.69, 9.17) is 9.26 Å². The lowest BCUT2D eigenvalue weighted by Crippen LogP contribution is -2.45. The second kappa shape index (κ2) is 7.70. The van der Waals surface area contributed by atoms with E-state index in [0.717, 1.165) is 18.6 Å². The zero-order valence-corrected chi connectivity index (χ0v) is 14.6. The molecule has 1 fully saturated rings. The molecule has 0 unspecified atom stereocenters. The van der Waals surface area contributed by atoms with Gasteiger partial charge in [0, 0.05) is 19.5 Å². The average molecular weight is 344 g/mol. The summed E-state index contributed by atoms with van der Waals surface area (Å²) in [6.07, 6.45) is 1.99. The second-order valence-corrected chi connectivity index (χ2v) is 6.45. The molecule has 6 nitrogen and oxygen atoms in total. The van der Waals surface area contributed by atoms with Gasteiger partial charge in [-0.2, -0.15) is 0 Å². The number of ether oxygens (including phenoxy) is 1. The van der Waals surface area contributed by atoms with Gasteiger partial charge in [-0.15, -0.1) is 0 Å². The van der Waals surface area contributed by atoms with Gasteiger partial charge < -0.3 is 19.3 Å². The number of nitrogens with zero attached hydrogens (tertiary/aromatic N) is 2. The lowest BCUT2D eigenvalue weighted by Gasteiger charge is -2.28. The highest BCUT2D eigenvalue weighted by atomic mass is 16.5. The van der Waals surface area contributed by atoms with E-state index < -0.39 is 6.10 Å². The first-order valence-electron chi connectivity index (χ1n) is 8.72. The van der Waals surface area contributed by atoms with Crippen LogP contribution >= 0.6 is 0 Å². The highest BCUT2D eigenvalue weighted by Crippen LogP contribution is 2.28. The van der Waals surface area contributed by atoms with E-state index in [9.17, 15) is 9.90 Å². The third-order valence-electron chi connectivity index (χ3n) is 4.65. The van der Waals surface area contributed by atoms with Crippen molar-refractivity contribution in [3.8, 4) is 5.75 Å². The van der Waals surface area contributed by atoms with Gasteiger partial charge in [0.1, 0.15) is 23.7 Å². The summed E-state index contributed by atoms with van der Waals surface area (Å²) >= 11 is 0. The van der Waals surface area contributed by atoms with Gasteiger partial charge >= 0.3 is 0 Å². The molecule has 6 heteroatoms. The third kappa shape index (κ3) is 3.85. The number of para-hydroxylation sites is 1. The van der Waals surface area contributed by atoms with Gasteiger partial charge in [0.15, 0.2) is 5.69 Å². The number of benzene rings is 1. The van der Waals surface area contributed by atoms with E-state index in [-0.39, 0.29) is 23.7 Å². The fourth-order valence-corrected chi connectivity index (χ4v) is 3.26. The summed E-state index contributed by atoms with van der Waals surface area (Å²) in [4.78, 5) is 14.2. The summed E-state index contributed by atoms with van der Waals surface area (Å²) < 4.78 is 11.0. The Labute approximate surface area is 147 Å². The van der Waals surface area contributed by atoms with Crippen molar-refractivity contribution in [1.29, 1.82) is 0 Å². The number of aliphatic hydroxyl groups is 1. The number of carbonyl (C=O) groups excluding carboxylic acids is 1. The Morgan fingerprint density at radius 3 is 2.84 bits per heavy atom. The summed E-state index contributed by atoms with van der Waals surface area (Å²) in [5, 5.41) is 14.5. The smallest absolute Gasteiger partial charge is 0.276 e. The van der Waals surface area contributed by atoms with Crippen LogP contribution in [0.25, 0.3) is 0 Å². The zero-order chi connectivity index (χ0) is 17.8. The molecule has 0 radical (unpaired) electrons. The first-order valence-corrected chi connectivity index (χ1v) is 8.72. The molecular weight excluding hydrogens is 320 g/mol. The van der Waals surface area contributed by atoms with Crippen LogP contribution in [0.4, 0.5) is 0 Å². The van der Waals surface area contributed by atoms with E-state index in [2.05, 4.69) is 5.16 Å². The normalized spacial score (nSPS) is 22.8. The molecule has 1 aliphatic carbocycles. The molecule has 1 amide bonds. The second-order valence-electron chi connectivity index (χ2n) is 6.45. The van der Waals surface area contributed by atoms with Crippen LogP contribution in [0.1, 0.15) is 42.4 Å². The quantitative estimate of drug-likeness (QED) is 0.872. The molecule has 3 atom stereocenters. The summed E-state index contributed by atoms with van der Waals surface area (Å²) in [6, 6.07) is 10.8. The fourth-order valence-electron chi connectivity index (χ4n) is 3.26. The van der Waals surface area contributed by atoms with Crippen molar-refractivity contribution >= 4 is 5.91 Å². The lowest BCUT2D eigenvalue weighted by atomic mass is 10.1. The highest BCUT2D eigenvalue weighted by Gasteiger charge is 2.40. The molecule has 0 saturated heterocycles. The van der Waals surface area contributed by atoms with E-state index >= 15 is 0 Å². The summed E-state index contributed by atoms with van der Waals surface area (Å²) in [6.45, 7) is 2.04. The Balaban J connectivity index is 1.63. The maximum absolute atomic E-state index is 12.6. The monoisotopic (exact) mass is 344 g/mol. The van der Waals surface area contributed by atoms with Crippen molar-refractivity contribution in [3.05, 3.63) is 47.9 Å². The largest absolute Gasteiger partial charge is 0.488 e. The first-order chi connectivity index (χ1) is 12.1. The number of hydrogen-bond donors (Lipinski definition) is 1. The van der Waals surface area contributed by atoms with Gasteiger partial charge in [-0.3, -0.25) is 4.79 Å².